The molecule has 5 nitrogen and oxygen atoms in total. The second kappa shape index (κ2) is 9.58. The van der Waals surface area contributed by atoms with Crippen LogP contribution < -0.4 is 4.80 Å². The minimum atomic E-state index is -0.286. The smallest absolute Gasteiger partial charge is 0.205 e. The maximum absolute atomic E-state index is 13.2. The molecule has 0 radical (unpaired) electrons. The predicted octanol–water partition coefficient (Wildman–Crippen LogP) is 6.28. The van der Waals surface area contributed by atoms with Crippen molar-refractivity contribution in [3.63, 3.8) is 0 Å². The van der Waals surface area contributed by atoms with Crippen LogP contribution in [-0.4, -0.2) is 27.7 Å². The maximum Gasteiger partial charge on any atom is 0.205 e. The number of hydrogen-bond donors (Lipinski definition) is 0. The van der Waals surface area contributed by atoms with Gasteiger partial charge in [-0.15, -0.1) is 11.3 Å². The van der Waals surface area contributed by atoms with Crippen molar-refractivity contribution >= 4 is 52.4 Å². The van der Waals surface area contributed by atoms with Crippen molar-refractivity contribution in [1.82, 2.24) is 14.5 Å². The third kappa shape index (κ3) is 4.66. The lowest BCUT2D eigenvalue weighted by Gasteiger charge is -2.06. The Hall–Kier alpha value is -2.45. The third-order valence-corrected chi connectivity index (χ3v) is 6.59. The Morgan fingerprint density at radius 3 is 2.56 bits per heavy atom. The van der Waals surface area contributed by atoms with Crippen LogP contribution in [0.15, 0.2) is 57.9 Å². The fourth-order valence-corrected chi connectivity index (χ4v) is 4.73. The van der Waals surface area contributed by atoms with Crippen LogP contribution in [0, 0.1) is 12.7 Å². The van der Waals surface area contributed by atoms with Crippen molar-refractivity contribution < 1.29 is 4.39 Å². The van der Waals surface area contributed by atoms with E-state index >= 15 is 0 Å². The van der Waals surface area contributed by atoms with Gasteiger partial charge in [0, 0.05) is 23.0 Å². The lowest BCUT2D eigenvalue weighted by Crippen LogP contribution is -2.11. The van der Waals surface area contributed by atoms with E-state index in [1.54, 1.807) is 46.9 Å². The highest BCUT2D eigenvalue weighted by atomic mass is 35.5. The molecule has 4 aromatic rings. The number of aromatic nitrogens is 3. The summed E-state index contributed by atoms with van der Waals surface area (Å²) in [5.74, 6) is -0.286. The summed E-state index contributed by atoms with van der Waals surface area (Å²) < 4.78 is 16.5. The Morgan fingerprint density at radius 1 is 1.12 bits per heavy atom. The van der Waals surface area contributed by atoms with Crippen molar-refractivity contribution in [3.05, 3.63) is 90.5 Å². The quantitative estimate of drug-likeness (QED) is 0.293. The van der Waals surface area contributed by atoms with Gasteiger partial charge < -0.3 is 0 Å². The Kier molecular flexibility index (Phi) is 6.81. The molecule has 0 fully saturated rings. The van der Waals surface area contributed by atoms with E-state index in [0.29, 0.717) is 32.1 Å². The van der Waals surface area contributed by atoms with Crippen LogP contribution in [0.2, 0.25) is 15.2 Å². The van der Waals surface area contributed by atoms with Gasteiger partial charge in [0.05, 0.1) is 34.7 Å². The van der Waals surface area contributed by atoms with Crippen LogP contribution >= 0.6 is 46.1 Å². The molecule has 0 atom stereocenters. The first-order chi connectivity index (χ1) is 15.4. The van der Waals surface area contributed by atoms with E-state index in [2.05, 4.69) is 15.2 Å². The Balaban J connectivity index is 1.70. The molecule has 0 aliphatic rings. The van der Waals surface area contributed by atoms with Crippen LogP contribution in [0.1, 0.15) is 16.8 Å². The normalized spacial score (nSPS) is 12.2. The van der Waals surface area contributed by atoms with Gasteiger partial charge in [0.25, 0.3) is 0 Å². The predicted molar refractivity (Wildman–Crippen MR) is 130 cm³/mol. The average molecular weight is 509 g/mol. The van der Waals surface area contributed by atoms with E-state index in [1.165, 1.54) is 23.5 Å². The van der Waals surface area contributed by atoms with Crippen molar-refractivity contribution in [2.75, 3.05) is 7.05 Å². The Bertz CT molecular complexity index is 1370. The number of nitrogens with zero attached hydrogens (tertiary/aromatic N) is 5. The van der Waals surface area contributed by atoms with Crippen molar-refractivity contribution in [1.29, 1.82) is 0 Å². The topological polar surface area (TPSA) is 47.5 Å². The summed E-state index contributed by atoms with van der Waals surface area (Å²) in [4.78, 5) is 4.99. The first kappa shape index (κ1) is 22.7. The van der Waals surface area contributed by atoms with Gasteiger partial charge in [-0.3, -0.25) is 4.99 Å². The molecule has 32 heavy (non-hydrogen) atoms. The molecule has 0 saturated heterocycles. The molecule has 0 spiro atoms. The van der Waals surface area contributed by atoms with Gasteiger partial charge in [0.1, 0.15) is 11.0 Å². The number of hydrogen-bond acceptors (Lipinski definition) is 4. The monoisotopic (exact) mass is 507 g/mol. The summed E-state index contributed by atoms with van der Waals surface area (Å²) in [6.07, 6.45) is 1.65. The van der Waals surface area contributed by atoms with E-state index < -0.39 is 0 Å². The van der Waals surface area contributed by atoms with Crippen LogP contribution in [0.3, 0.4) is 0 Å². The molecule has 2 heterocycles. The molecule has 164 valence electrons. The van der Waals surface area contributed by atoms with E-state index in [0.717, 1.165) is 22.5 Å². The first-order valence-electron chi connectivity index (χ1n) is 9.48. The van der Waals surface area contributed by atoms with E-state index in [9.17, 15) is 4.39 Å². The van der Waals surface area contributed by atoms with E-state index in [-0.39, 0.29) is 5.82 Å². The minimum Gasteiger partial charge on any atom is -0.261 e. The molecule has 0 unspecified atom stereocenters. The van der Waals surface area contributed by atoms with Crippen LogP contribution in [0.25, 0.3) is 11.3 Å². The molecule has 0 saturated carbocycles. The van der Waals surface area contributed by atoms with E-state index in [4.69, 9.17) is 34.8 Å². The molecular formula is C22H17Cl3FN5S. The standard InChI is InChI=1S/C22H17Cl3FN5S/c1-13-18(21(25)30(29-13)11-14-3-6-16(26)7-4-14)10-28-31-20(12-32-22(31)27-2)17-8-5-15(23)9-19(17)24/h3-10,12H,11H2,1-2H3/b27-22?,28-10-. The molecule has 2 aromatic heterocycles. The van der Waals surface area contributed by atoms with Gasteiger partial charge in [0.15, 0.2) is 0 Å². The number of benzene rings is 2. The van der Waals surface area contributed by atoms with Crippen LogP contribution in [-0.2, 0) is 6.54 Å². The molecular weight excluding hydrogens is 492 g/mol. The first-order valence-corrected chi connectivity index (χ1v) is 11.5. The SMILES string of the molecule is CN=c1scc(-c2ccc(Cl)cc2Cl)n1/N=C\c1c(C)nn(Cc2ccc(F)cc2)c1Cl. The van der Waals surface area contributed by atoms with Gasteiger partial charge >= 0.3 is 0 Å². The number of rotatable bonds is 5. The Morgan fingerprint density at radius 2 is 1.88 bits per heavy atom. The fourth-order valence-electron chi connectivity index (χ4n) is 3.14. The molecule has 2 aromatic carbocycles. The molecule has 0 aliphatic carbocycles. The van der Waals surface area contributed by atoms with Gasteiger partial charge in [-0.05, 0) is 42.8 Å². The zero-order valence-corrected chi connectivity index (χ0v) is 20.1. The lowest BCUT2D eigenvalue weighted by molar-refractivity contribution is 0.624. The van der Waals surface area contributed by atoms with Gasteiger partial charge in [-0.25, -0.2) is 13.7 Å². The van der Waals surface area contributed by atoms with Crippen molar-refractivity contribution in [2.24, 2.45) is 10.1 Å². The summed E-state index contributed by atoms with van der Waals surface area (Å²) >= 11 is 20.5. The van der Waals surface area contributed by atoms with Crippen LogP contribution in [0.4, 0.5) is 4.39 Å². The zero-order chi connectivity index (χ0) is 22.8. The highest BCUT2D eigenvalue weighted by Crippen LogP contribution is 2.30. The average Bonchev–Trinajstić information content (AvgIpc) is 3.28. The van der Waals surface area contributed by atoms with Crippen molar-refractivity contribution in [2.45, 2.75) is 13.5 Å². The second-order valence-electron chi connectivity index (χ2n) is 6.88. The van der Waals surface area contributed by atoms with E-state index in [1.807, 2.05) is 18.4 Å². The zero-order valence-electron chi connectivity index (χ0n) is 17.1. The van der Waals surface area contributed by atoms with Gasteiger partial charge in [-0.2, -0.15) is 10.2 Å². The lowest BCUT2D eigenvalue weighted by atomic mass is 10.2. The number of thiazole rings is 1. The summed E-state index contributed by atoms with van der Waals surface area (Å²) in [7, 11) is 1.70. The Labute approximate surface area is 203 Å². The highest BCUT2D eigenvalue weighted by molar-refractivity contribution is 7.07. The molecule has 4 rings (SSSR count). The molecule has 0 amide bonds. The summed E-state index contributed by atoms with van der Waals surface area (Å²) in [6, 6.07) is 11.5. The largest absolute Gasteiger partial charge is 0.261 e. The summed E-state index contributed by atoms with van der Waals surface area (Å²) in [5.41, 5.74) is 3.86. The third-order valence-electron chi connectivity index (χ3n) is 4.74. The number of aryl methyl sites for hydroxylation is 1. The highest BCUT2D eigenvalue weighted by Gasteiger charge is 2.14. The molecule has 0 N–H and O–H groups in total. The number of halogens is 4. The molecule has 0 aliphatic heterocycles. The summed E-state index contributed by atoms with van der Waals surface area (Å²) in [6.45, 7) is 2.27. The maximum atomic E-state index is 13.2. The minimum absolute atomic E-state index is 0.286. The molecule has 10 heteroatoms. The van der Waals surface area contributed by atoms with Crippen molar-refractivity contribution in [3.8, 4) is 11.3 Å². The fraction of sp³-hybridized carbons (Fsp3) is 0.136. The van der Waals surface area contributed by atoms with Crippen LogP contribution in [0.5, 0.6) is 0 Å². The second-order valence-corrected chi connectivity index (χ2v) is 8.92. The van der Waals surface area contributed by atoms with Gasteiger partial charge in [0.2, 0.25) is 4.80 Å². The van der Waals surface area contributed by atoms with Gasteiger partial charge in [-0.1, -0.05) is 46.9 Å². The summed E-state index contributed by atoms with van der Waals surface area (Å²) in [5, 5.41) is 12.6. The molecule has 0 bridgehead atoms.